The topological polar surface area (TPSA) is 173 Å². The van der Waals surface area contributed by atoms with Gasteiger partial charge in [0.2, 0.25) is 5.91 Å². The summed E-state index contributed by atoms with van der Waals surface area (Å²) >= 11 is 0. The van der Waals surface area contributed by atoms with Crippen LogP contribution in [0.15, 0.2) is 91.0 Å². The Kier molecular flexibility index (Phi) is 16.5. The average Bonchev–Trinajstić information content (AvgIpc) is 3.19. The summed E-state index contributed by atoms with van der Waals surface area (Å²) in [5.74, 6) is -2.59. The summed E-state index contributed by atoms with van der Waals surface area (Å²) in [6, 6.07) is 27.7. The van der Waals surface area contributed by atoms with E-state index in [-0.39, 0.29) is 33.0 Å². The van der Waals surface area contributed by atoms with Crippen LogP contribution in [0, 0.1) is 0 Å². The maximum atomic E-state index is 12.6. The highest BCUT2D eigenvalue weighted by molar-refractivity contribution is 5.73. The van der Waals surface area contributed by atoms with Crippen molar-refractivity contribution in [2.45, 2.75) is 109 Å². The van der Waals surface area contributed by atoms with Gasteiger partial charge in [-0.05, 0) is 16.7 Å². The second kappa shape index (κ2) is 21.7. The van der Waals surface area contributed by atoms with Gasteiger partial charge in [0.25, 0.3) is 0 Å². The second-order valence-corrected chi connectivity index (χ2v) is 13.6. The first kappa shape index (κ1) is 43.4. The molecule has 3 aromatic carbocycles. The summed E-state index contributed by atoms with van der Waals surface area (Å²) in [5, 5.41) is 2.72. The summed E-state index contributed by atoms with van der Waals surface area (Å²) in [4.78, 5) is 49.1. The molecule has 2 aliphatic heterocycles. The van der Waals surface area contributed by atoms with E-state index in [0.717, 1.165) is 16.7 Å². The van der Waals surface area contributed by atoms with E-state index in [0.29, 0.717) is 0 Å². The van der Waals surface area contributed by atoms with Crippen LogP contribution in [-0.4, -0.2) is 105 Å². The number of hydrogen-bond donors (Lipinski definition) is 1. The number of benzene rings is 3. The Morgan fingerprint density at radius 3 is 1.46 bits per heavy atom. The Morgan fingerprint density at radius 1 is 0.526 bits per heavy atom. The molecule has 3 aromatic rings. The van der Waals surface area contributed by atoms with E-state index >= 15 is 0 Å². The predicted molar refractivity (Wildman–Crippen MR) is 201 cm³/mol. The highest BCUT2D eigenvalue weighted by Crippen LogP contribution is 2.33. The summed E-state index contributed by atoms with van der Waals surface area (Å²) in [7, 11) is 1.50. The largest absolute Gasteiger partial charge is 0.463 e. The van der Waals surface area contributed by atoms with E-state index in [9.17, 15) is 19.2 Å². The maximum absolute atomic E-state index is 12.6. The number of methoxy groups -OCH3 is 1. The maximum Gasteiger partial charge on any atom is 0.303 e. The molecule has 1 N–H and O–H groups in total. The lowest BCUT2D eigenvalue weighted by Gasteiger charge is -2.47. The van der Waals surface area contributed by atoms with Crippen LogP contribution in [0.1, 0.15) is 44.4 Å². The molecule has 15 heteroatoms. The van der Waals surface area contributed by atoms with Gasteiger partial charge >= 0.3 is 17.9 Å². The number of hydrogen-bond acceptors (Lipinski definition) is 14. The van der Waals surface area contributed by atoms with Crippen molar-refractivity contribution in [3.8, 4) is 0 Å². The number of rotatable bonds is 18. The lowest BCUT2D eigenvalue weighted by molar-refractivity contribution is -0.335. The summed E-state index contributed by atoms with van der Waals surface area (Å²) in [5.41, 5.74) is 2.74. The third-order valence-corrected chi connectivity index (χ3v) is 9.18. The van der Waals surface area contributed by atoms with Crippen molar-refractivity contribution in [2.24, 2.45) is 0 Å². The molecule has 0 radical (unpaired) electrons. The van der Waals surface area contributed by atoms with Gasteiger partial charge in [0, 0.05) is 34.8 Å². The van der Waals surface area contributed by atoms with Gasteiger partial charge in [-0.3, -0.25) is 19.2 Å². The number of amides is 1. The molecule has 0 spiro atoms. The molecule has 57 heavy (non-hydrogen) atoms. The van der Waals surface area contributed by atoms with Gasteiger partial charge in [0.05, 0.1) is 26.4 Å². The highest BCUT2D eigenvalue weighted by Gasteiger charge is 2.53. The number of carbonyl (C=O) groups excluding carboxylic acids is 4. The molecule has 2 fully saturated rings. The fourth-order valence-corrected chi connectivity index (χ4v) is 6.69. The van der Waals surface area contributed by atoms with E-state index < -0.39 is 85.2 Å². The van der Waals surface area contributed by atoms with Crippen molar-refractivity contribution in [1.82, 2.24) is 5.32 Å². The third kappa shape index (κ3) is 12.9. The molecule has 5 rings (SSSR count). The van der Waals surface area contributed by atoms with Crippen LogP contribution < -0.4 is 5.32 Å². The lowest BCUT2D eigenvalue weighted by Crippen LogP contribution is -2.67. The number of carbonyl (C=O) groups is 4. The molecule has 0 saturated carbocycles. The van der Waals surface area contributed by atoms with Crippen LogP contribution in [0.5, 0.6) is 0 Å². The minimum atomic E-state index is -1.35. The van der Waals surface area contributed by atoms with Crippen LogP contribution in [0.25, 0.3) is 0 Å². The molecule has 2 saturated heterocycles. The molecule has 10 atom stereocenters. The van der Waals surface area contributed by atoms with Gasteiger partial charge in [-0.1, -0.05) is 91.0 Å². The SMILES string of the molecule is CO[C@H]1O[C@H](CO[C@@H]2O[C@H](COC(C)=O)[C@@H](OC(C)=O)[C@H](OC(C)=O)[C@H]2NC(C)=O)[C@H](OCc2ccccc2)[C@H](OCc2ccccc2)[C@H]1OCc1ccccc1. The summed E-state index contributed by atoms with van der Waals surface area (Å²) in [6.07, 6.45) is -9.36. The Balaban J connectivity index is 1.48. The quantitative estimate of drug-likeness (QED) is 0.146. The van der Waals surface area contributed by atoms with E-state index in [1.54, 1.807) is 0 Å². The van der Waals surface area contributed by atoms with Gasteiger partial charge in [0.1, 0.15) is 43.2 Å². The van der Waals surface area contributed by atoms with Crippen LogP contribution >= 0.6 is 0 Å². The van der Waals surface area contributed by atoms with Crippen molar-refractivity contribution < 1.29 is 66.5 Å². The molecular formula is C42H51NO14. The van der Waals surface area contributed by atoms with Crippen LogP contribution in [0.2, 0.25) is 0 Å². The first-order valence-corrected chi connectivity index (χ1v) is 18.7. The average molecular weight is 794 g/mol. The molecule has 0 aliphatic carbocycles. The molecule has 2 aliphatic rings. The van der Waals surface area contributed by atoms with Gasteiger partial charge < -0.3 is 52.7 Å². The Labute approximate surface area is 332 Å². The Hall–Kier alpha value is -4.74. The molecule has 15 nitrogen and oxygen atoms in total. The number of nitrogens with one attached hydrogen (secondary N) is 1. The van der Waals surface area contributed by atoms with Crippen LogP contribution in [0.4, 0.5) is 0 Å². The molecular weight excluding hydrogens is 742 g/mol. The zero-order valence-electron chi connectivity index (χ0n) is 32.7. The molecule has 308 valence electrons. The monoisotopic (exact) mass is 793 g/mol. The van der Waals surface area contributed by atoms with Crippen molar-refractivity contribution in [3.05, 3.63) is 108 Å². The first-order chi connectivity index (χ1) is 27.5. The standard InChI is InChI=1S/C42H51NO14/c1-26(44)43-35-38(55-29(4)47)37(54-28(3)46)34(24-49-27(2)45)56-41(35)53-25-33-36(50-21-30-15-9-6-10-16-30)39(51-22-31-17-11-7-12-18-31)40(42(48-5)57-33)52-23-32-19-13-8-14-20-32/h6-20,33-42H,21-25H2,1-5H3,(H,43,44)/t33-,34-,35-,36+,37-,38-,39+,40-,41-,42+/m1/s1. The van der Waals surface area contributed by atoms with Crippen LogP contribution in [-0.2, 0) is 86.4 Å². The highest BCUT2D eigenvalue weighted by atomic mass is 16.7. The first-order valence-electron chi connectivity index (χ1n) is 18.7. The molecule has 2 heterocycles. The second-order valence-electron chi connectivity index (χ2n) is 13.6. The fraction of sp³-hybridized carbons (Fsp3) is 0.476. The molecule has 1 amide bonds. The van der Waals surface area contributed by atoms with Gasteiger partial charge in [-0.25, -0.2) is 0 Å². The fourth-order valence-electron chi connectivity index (χ4n) is 6.69. The van der Waals surface area contributed by atoms with E-state index in [1.165, 1.54) is 34.8 Å². The van der Waals surface area contributed by atoms with E-state index in [4.69, 9.17) is 47.4 Å². The number of esters is 3. The minimum absolute atomic E-state index is 0.178. The van der Waals surface area contributed by atoms with Gasteiger partial charge in [-0.2, -0.15) is 0 Å². The predicted octanol–water partition coefficient (Wildman–Crippen LogP) is 3.79. The smallest absolute Gasteiger partial charge is 0.303 e. The van der Waals surface area contributed by atoms with Crippen molar-refractivity contribution in [1.29, 1.82) is 0 Å². The lowest BCUT2D eigenvalue weighted by atomic mass is 9.95. The Morgan fingerprint density at radius 2 is 0.982 bits per heavy atom. The molecule has 0 unspecified atom stereocenters. The normalized spacial score (nSPS) is 27.2. The van der Waals surface area contributed by atoms with Crippen molar-refractivity contribution >= 4 is 23.8 Å². The van der Waals surface area contributed by atoms with E-state index in [2.05, 4.69) is 5.32 Å². The molecule has 0 aromatic heterocycles. The zero-order chi connectivity index (χ0) is 40.7. The third-order valence-electron chi connectivity index (χ3n) is 9.18. The van der Waals surface area contributed by atoms with Crippen molar-refractivity contribution in [3.63, 3.8) is 0 Å². The Bertz CT molecular complexity index is 1710. The minimum Gasteiger partial charge on any atom is -0.463 e. The summed E-state index contributed by atoms with van der Waals surface area (Å²) in [6.45, 7) is 4.80. The summed E-state index contributed by atoms with van der Waals surface area (Å²) < 4.78 is 61.4. The van der Waals surface area contributed by atoms with Crippen LogP contribution in [0.3, 0.4) is 0 Å². The van der Waals surface area contributed by atoms with E-state index in [1.807, 2.05) is 91.0 Å². The number of ether oxygens (including phenoxy) is 10. The molecule has 0 bridgehead atoms. The zero-order valence-corrected chi connectivity index (χ0v) is 32.7. The van der Waals surface area contributed by atoms with Crippen molar-refractivity contribution in [2.75, 3.05) is 20.3 Å². The van der Waals surface area contributed by atoms with Gasteiger partial charge in [0.15, 0.2) is 24.8 Å². The van der Waals surface area contributed by atoms with Gasteiger partial charge in [-0.15, -0.1) is 0 Å².